The third-order valence-corrected chi connectivity index (χ3v) is 4.62. The van der Waals surface area contributed by atoms with Crippen molar-refractivity contribution in [2.24, 2.45) is 0 Å². The fraction of sp³-hybridized carbons (Fsp3) is 0.400. The Balaban J connectivity index is 3.28. The summed E-state index contributed by atoms with van der Waals surface area (Å²) in [4.78, 5) is 0.0407. The van der Waals surface area contributed by atoms with Gasteiger partial charge in [-0.1, -0.05) is 30.1 Å². The highest BCUT2D eigenvalue weighted by Gasteiger charge is 2.19. The lowest BCUT2D eigenvalue weighted by molar-refractivity contribution is 0.588. The Labute approximate surface area is 111 Å². The fourth-order valence-electron chi connectivity index (χ4n) is 1.31. The van der Waals surface area contributed by atoms with E-state index in [1.807, 2.05) is 6.92 Å². The number of sulfonamides is 1. The number of benzene rings is 1. The quantitative estimate of drug-likeness (QED) is 0.874. The topological polar surface area (TPSA) is 58.2 Å². The summed E-state index contributed by atoms with van der Waals surface area (Å²) in [5.41, 5.74) is 0.589. The molecule has 0 saturated carbocycles. The van der Waals surface area contributed by atoms with Gasteiger partial charge in [0, 0.05) is 17.1 Å². The van der Waals surface area contributed by atoms with Gasteiger partial charge < -0.3 is 5.32 Å². The largest absolute Gasteiger partial charge is 0.313 e. The van der Waals surface area contributed by atoms with Crippen LogP contribution >= 0.6 is 23.2 Å². The van der Waals surface area contributed by atoms with Crippen molar-refractivity contribution in [3.05, 3.63) is 27.7 Å². The molecule has 1 aromatic rings. The van der Waals surface area contributed by atoms with Gasteiger partial charge in [0.05, 0.1) is 5.02 Å². The van der Waals surface area contributed by atoms with Gasteiger partial charge in [-0.25, -0.2) is 13.1 Å². The molecule has 1 aromatic carbocycles. The Morgan fingerprint density at radius 3 is 2.47 bits per heavy atom. The zero-order valence-electron chi connectivity index (χ0n) is 9.55. The van der Waals surface area contributed by atoms with Gasteiger partial charge in [0.1, 0.15) is 4.90 Å². The minimum atomic E-state index is -3.56. The summed E-state index contributed by atoms with van der Waals surface area (Å²) in [5.74, 6) is 0. The van der Waals surface area contributed by atoms with E-state index in [1.54, 1.807) is 0 Å². The predicted molar refractivity (Wildman–Crippen MR) is 70.1 cm³/mol. The van der Waals surface area contributed by atoms with Crippen LogP contribution < -0.4 is 10.0 Å². The summed E-state index contributed by atoms with van der Waals surface area (Å²) in [6.45, 7) is 3.12. The maximum atomic E-state index is 11.7. The maximum absolute atomic E-state index is 11.7. The molecule has 17 heavy (non-hydrogen) atoms. The molecule has 0 aliphatic heterocycles. The minimum Gasteiger partial charge on any atom is -0.313 e. The van der Waals surface area contributed by atoms with Crippen LogP contribution in [0.4, 0.5) is 0 Å². The van der Waals surface area contributed by atoms with Crippen molar-refractivity contribution >= 4 is 33.2 Å². The minimum absolute atomic E-state index is 0.0407. The highest BCUT2D eigenvalue weighted by Crippen LogP contribution is 2.30. The van der Waals surface area contributed by atoms with E-state index in [0.717, 1.165) is 6.54 Å². The number of hydrogen-bond donors (Lipinski definition) is 2. The molecule has 0 unspecified atom stereocenters. The number of rotatable bonds is 5. The molecule has 0 fully saturated rings. The molecule has 4 nitrogen and oxygen atoms in total. The van der Waals surface area contributed by atoms with Crippen LogP contribution in [0, 0.1) is 0 Å². The molecule has 0 spiro atoms. The summed E-state index contributed by atoms with van der Waals surface area (Å²) in [6.07, 6.45) is 0. The highest BCUT2D eigenvalue weighted by atomic mass is 35.5. The molecule has 0 amide bonds. The Bertz CT molecular complexity index is 503. The van der Waals surface area contributed by atoms with Gasteiger partial charge in [-0.3, -0.25) is 0 Å². The van der Waals surface area contributed by atoms with Crippen LogP contribution in [0.2, 0.25) is 10.0 Å². The Morgan fingerprint density at radius 2 is 1.94 bits per heavy atom. The van der Waals surface area contributed by atoms with Crippen molar-refractivity contribution in [2.45, 2.75) is 18.4 Å². The second-order valence-corrected chi connectivity index (χ2v) is 5.97. The van der Waals surface area contributed by atoms with E-state index in [2.05, 4.69) is 10.0 Å². The van der Waals surface area contributed by atoms with Crippen molar-refractivity contribution in [3.63, 3.8) is 0 Å². The molecule has 96 valence electrons. The fourth-order valence-corrected chi connectivity index (χ4v) is 2.94. The van der Waals surface area contributed by atoms with Crippen molar-refractivity contribution in [1.29, 1.82) is 0 Å². The monoisotopic (exact) mass is 296 g/mol. The lowest BCUT2D eigenvalue weighted by Crippen LogP contribution is -2.20. The van der Waals surface area contributed by atoms with Gasteiger partial charge >= 0.3 is 0 Å². The van der Waals surface area contributed by atoms with Gasteiger partial charge in [0.15, 0.2) is 0 Å². The molecule has 2 N–H and O–H groups in total. The van der Waals surface area contributed by atoms with Gasteiger partial charge in [-0.05, 0) is 25.7 Å². The molecule has 0 aliphatic carbocycles. The average Bonchev–Trinajstić information content (AvgIpc) is 2.28. The van der Waals surface area contributed by atoms with Gasteiger partial charge in [0.25, 0.3) is 0 Å². The van der Waals surface area contributed by atoms with E-state index in [-0.39, 0.29) is 9.92 Å². The van der Waals surface area contributed by atoms with Gasteiger partial charge in [-0.15, -0.1) is 0 Å². The van der Waals surface area contributed by atoms with Gasteiger partial charge in [-0.2, -0.15) is 0 Å². The molecule has 7 heteroatoms. The molecule has 0 aliphatic rings. The zero-order chi connectivity index (χ0) is 13.1. The van der Waals surface area contributed by atoms with Crippen molar-refractivity contribution in [2.75, 3.05) is 13.6 Å². The number of nitrogens with one attached hydrogen (secondary N) is 2. The van der Waals surface area contributed by atoms with Crippen molar-refractivity contribution in [3.8, 4) is 0 Å². The Kier molecular flexibility index (Phi) is 5.22. The summed E-state index contributed by atoms with van der Waals surface area (Å²) in [7, 11) is -2.22. The normalized spacial score (nSPS) is 11.8. The summed E-state index contributed by atoms with van der Waals surface area (Å²) in [6, 6.07) is 2.93. The Hall–Kier alpha value is -0.330. The zero-order valence-corrected chi connectivity index (χ0v) is 11.9. The second-order valence-electron chi connectivity index (χ2n) is 3.33. The van der Waals surface area contributed by atoms with E-state index in [1.165, 1.54) is 19.2 Å². The lowest BCUT2D eigenvalue weighted by Gasteiger charge is -2.11. The summed E-state index contributed by atoms with van der Waals surface area (Å²) in [5, 5.41) is 3.67. The van der Waals surface area contributed by atoms with Crippen molar-refractivity contribution in [1.82, 2.24) is 10.0 Å². The molecule has 1 rings (SSSR count). The predicted octanol–water partition coefficient (Wildman–Crippen LogP) is 2.01. The smallest absolute Gasteiger partial charge is 0.241 e. The van der Waals surface area contributed by atoms with Crippen LogP contribution in [0.5, 0.6) is 0 Å². The Morgan fingerprint density at radius 1 is 1.29 bits per heavy atom. The van der Waals surface area contributed by atoms with Crippen LogP contribution in [-0.4, -0.2) is 22.0 Å². The van der Waals surface area contributed by atoms with Crippen molar-refractivity contribution < 1.29 is 8.42 Å². The van der Waals surface area contributed by atoms with Crippen LogP contribution in [0.25, 0.3) is 0 Å². The first-order chi connectivity index (χ1) is 7.94. The molecule has 0 heterocycles. The van der Waals surface area contributed by atoms with E-state index >= 15 is 0 Å². The standard InChI is InChI=1S/C10H14Cl2N2O2S/c1-3-14-6-7-8(11)4-5-9(10(7)12)17(15,16)13-2/h4-5,13-14H,3,6H2,1-2H3. The summed E-state index contributed by atoms with van der Waals surface area (Å²) >= 11 is 12.1. The lowest BCUT2D eigenvalue weighted by atomic mass is 10.2. The third kappa shape index (κ3) is 3.33. The first-order valence-electron chi connectivity index (χ1n) is 5.05. The SMILES string of the molecule is CCNCc1c(Cl)ccc(S(=O)(=O)NC)c1Cl. The van der Waals surface area contributed by atoms with Crippen LogP contribution in [0.3, 0.4) is 0 Å². The molecule has 0 saturated heterocycles. The molecular weight excluding hydrogens is 283 g/mol. The first kappa shape index (κ1) is 14.7. The van der Waals surface area contributed by atoms with Crippen LogP contribution in [0.1, 0.15) is 12.5 Å². The number of hydrogen-bond acceptors (Lipinski definition) is 3. The third-order valence-electron chi connectivity index (χ3n) is 2.26. The highest BCUT2D eigenvalue weighted by molar-refractivity contribution is 7.89. The van der Waals surface area contributed by atoms with E-state index in [9.17, 15) is 8.42 Å². The molecule has 0 atom stereocenters. The van der Waals surface area contributed by atoms with Crippen LogP contribution in [-0.2, 0) is 16.6 Å². The molecular formula is C10H14Cl2N2O2S. The number of halogens is 2. The van der Waals surface area contributed by atoms with Gasteiger partial charge in [0.2, 0.25) is 10.0 Å². The summed E-state index contributed by atoms with van der Waals surface area (Å²) < 4.78 is 25.6. The van der Waals surface area contributed by atoms with E-state index < -0.39 is 10.0 Å². The molecule has 0 aromatic heterocycles. The second kappa shape index (κ2) is 6.02. The first-order valence-corrected chi connectivity index (χ1v) is 7.29. The van der Waals surface area contributed by atoms with E-state index in [4.69, 9.17) is 23.2 Å². The average molecular weight is 297 g/mol. The van der Waals surface area contributed by atoms with E-state index in [0.29, 0.717) is 17.1 Å². The molecule has 0 bridgehead atoms. The molecule has 0 radical (unpaired) electrons. The van der Waals surface area contributed by atoms with Crippen LogP contribution in [0.15, 0.2) is 17.0 Å². The maximum Gasteiger partial charge on any atom is 0.241 e.